The number of benzene rings is 1. The van der Waals surface area contributed by atoms with Crippen LogP contribution in [0.4, 0.5) is 0 Å². The molecule has 1 saturated heterocycles. The van der Waals surface area contributed by atoms with Crippen LogP contribution in [0.1, 0.15) is 12.0 Å². The van der Waals surface area contributed by atoms with Crippen LogP contribution >= 0.6 is 0 Å². The first-order valence-corrected chi connectivity index (χ1v) is 8.57. The summed E-state index contributed by atoms with van der Waals surface area (Å²) in [6.07, 6.45) is 1.55. The van der Waals surface area contributed by atoms with E-state index < -0.39 is 23.8 Å². The fraction of sp³-hybridized carbons (Fsp3) is 0.421. The molecule has 0 aliphatic carbocycles. The van der Waals surface area contributed by atoms with Gasteiger partial charge in [0.05, 0.1) is 26.2 Å². The Labute approximate surface area is 157 Å². The van der Waals surface area contributed by atoms with E-state index in [-0.39, 0.29) is 32.1 Å². The molecule has 1 aromatic rings. The van der Waals surface area contributed by atoms with E-state index in [9.17, 15) is 19.5 Å². The number of rotatable bonds is 10. The van der Waals surface area contributed by atoms with Crippen molar-refractivity contribution in [3.05, 3.63) is 42.5 Å². The molecular weight excluding hydrogens is 352 g/mol. The van der Waals surface area contributed by atoms with Gasteiger partial charge in [-0.05, 0) is 17.7 Å². The van der Waals surface area contributed by atoms with Gasteiger partial charge in [0.15, 0.2) is 6.04 Å². The van der Waals surface area contributed by atoms with Crippen LogP contribution in [0, 0.1) is 5.92 Å². The highest BCUT2D eigenvalue weighted by Gasteiger charge is 2.35. The number of likely N-dealkylation sites (tertiary alicyclic amines) is 1. The molecule has 1 fully saturated rings. The van der Waals surface area contributed by atoms with Crippen LogP contribution in [-0.4, -0.2) is 60.7 Å². The van der Waals surface area contributed by atoms with Crippen molar-refractivity contribution in [2.75, 3.05) is 26.9 Å². The molecule has 1 heterocycles. The molecule has 27 heavy (non-hydrogen) atoms. The number of carbonyl (C=O) groups is 3. The number of aliphatic carboxylic acids is 1. The molecule has 2 N–H and O–H groups in total. The second-order valence-electron chi connectivity index (χ2n) is 6.25. The van der Waals surface area contributed by atoms with Gasteiger partial charge in [-0.1, -0.05) is 18.2 Å². The average Bonchev–Trinajstić information content (AvgIpc) is 3.02. The Morgan fingerprint density at radius 1 is 1.41 bits per heavy atom. The molecule has 1 aliphatic heterocycles. The maximum absolute atomic E-state index is 12.4. The van der Waals surface area contributed by atoms with Gasteiger partial charge < -0.3 is 24.8 Å². The van der Waals surface area contributed by atoms with Crippen molar-refractivity contribution in [1.29, 1.82) is 0 Å². The summed E-state index contributed by atoms with van der Waals surface area (Å²) in [4.78, 5) is 37.4. The molecule has 0 radical (unpaired) electrons. The first-order valence-electron chi connectivity index (χ1n) is 8.57. The van der Waals surface area contributed by atoms with Crippen molar-refractivity contribution in [3.8, 4) is 5.75 Å². The van der Waals surface area contributed by atoms with Crippen LogP contribution in [0.5, 0.6) is 5.75 Å². The van der Waals surface area contributed by atoms with E-state index in [1.165, 1.54) is 6.08 Å². The number of amides is 2. The quantitative estimate of drug-likeness (QED) is 0.463. The minimum absolute atomic E-state index is 0.0574. The Kier molecular flexibility index (Phi) is 7.36. The van der Waals surface area contributed by atoms with E-state index in [0.29, 0.717) is 6.54 Å². The normalized spacial score (nSPS) is 17.4. The number of nitrogens with one attached hydrogen (secondary N) is 1. The van der Waals surface area contributed by atoms with Crippen molar-refractivity contribution in [2.24, 2.45) is 5.92 Å². The van der Waals surface area contributed by atoms with E-state index in [1.807, 2.05) is 12.1 Å². The zero-order valence-electron chi connectivity index (χ0n) is 15.2. The van der Waals surface area contributed by atoms with Crippen molar-refractivity contribution in [1.82, 2.24) is 10.2 Å². The van der Waals surface area contributed by atoms with Gasteiger partial charge in [-0.15, -0.1) is 6.58 Å². The number of carbonyl (C=O) groups excluding carboxylic acids is 2. The molecule has 1 aliphatic rings. The molecule has 1 aromatic carbocycles. The van der Waals surface area contributed by atoms with Gasteiger partial charge >= 0.3 is 5.97 Å². The van der Waals surface area contributed by atoms with E-state index in [2.05, 4.69) is 11.9 Å². The van der Waals surface area contributed by atoms with Gasteiger partial charge in [0.2, 0.25) is 11.8 Å². The van der Waals surface area contributed by atoms with Gasteiger partial charge in [-0.25, -0.2) is 4.79 Å². The van der Waals surface area contributed by atoms with Gasteiger partial charge in [0, 0.05) is 19.5 Å². The predicted octanol–water partition coefficient (Wildman–Crippen LogP) is 0.816. The van der Waals surface area contributed by atoms with Crippen LogP contribution < -0.4 is 10.1 Å². The lowest BCUT2D eigenvalue weighted by Gasteiger charge is -2.18. The monoisotopic (exact) mass is 376 g/mol. The number of ether oxygens (including phenoxy) is 2. The Morgan fingerprint density at radius 3 is 2.70 bits per heavy atom. The highest BCUT2D eigenvalue weighted by Crippen LogP contribution is 2.21. The highest BCUT2D eigenvalue weighted by molar-refractivity contribution is 5.91. The topological polar surface area (TPSA) is 105 Å². The third-order valence-electron chi connectivity index (χ3n) is 4.25. The summed E-state index contributed by atoms with van der Waals surface area (Å²) in [6, 6.07) is 6.17. The zero-order valence-corrected chi connectivity index (χ0v) is 15.2. The molecule has 2 atom stereocenters. The summed E-state index contributed by atoms with van der Waals surface area (Å²) >= 11 is 0. The van der Waals surface area contributed by atoms with Gasteiger partial charge in [0.1, 0.15) is 5.75 Å². The van der Waals surface area contributed by atoms with E-state index in [0.717, 1.165) is 11.3 Å². The maximum atomic E-state index is 12.4. The summed E-state index contributed by atoms with van der Waals surface area (Å²) in [5.74, 6) is -1.65. The molecule has 0 bridgehead atoms. The van der Waals surface area contributed by atoms with E-state index in [1.54, 1.807) is 24.1 Å². The Morgan fingerprint density at radius 2 is 2.11 bits per heavy atom. The lowest BCUT2D eigenvalue weighted by atomic mass is 10.1. The number of carboxylic acids is 1. The fourth-order valence-corrected chi connectivity index (χ4v) is 2.79. The summed E-state index contributed by atoms with van der Waals surface area (Å²) in [5.41, 5.74) is 0.923. The summed E-state index contributed by atoms with van der Waals surface area (Å²) in [6.45, 7) is 4.14. The van der Waals surface area contributed by atoms with Crippen molar-refractivity contribution in [2.45, 2.75) is 19.0 Å². The summed E-state index contributed by atoms with van der Waals surface area (Å²) < 4.78 is 10.2. The Bertz CT molecular complexity index is 688. The molecule has 8 nitrogen and oxygen atoms in total. The SMILES string of the molecule is C=CCOCC(NC(=O)C1CC(=O)N(Cc2ccc(OC)cc2)C1)C(=O)O. The molecule has 0 saturated carbocycles. The number of methoxy groups -OCH3 is 1. The van der Waals surface area contributed by atoms with Crippen molar-refractivity contribution >= 4 is 17.8 Å². The van der Waals surface area contributed by atoms with Gasteiger partial charge in [-0.2, -0.15) is 0 Å². The molecule has 2 unspecified atom stereocenters. The summed E-state index contributed by atoms with van der Waals surface area (Å²) in [5, 5.41) is 11.6. The minimum atomic E-state index is -1.19. The maximum Gasteiger partial charge on any atom is 0.328 e. The third kappa shape index (κ3) is 5.82. The number of hydrogen-bond donors (Lipinski definition) is 2. The number of nitrogens with zero attached hydrogens (tertiary/aromatic N) is 1. The molecular formula is C19H24N2O6. The first-order chi connectivity index (χ1) is 12.9. The summed E-state index contributed by atoms with van der Waals surface area (Å²) in [7, 11) is 1.58. The lowest BCUT2D eigenvalue weighted by molar-refractivity contribution is -0.144. The van der Waals surface area contributed by atoms with Crippen LogP contribution in [-0.2, 0) is 25.7 Å². The third-order valence-corrected chi connectivity index (χ3v) is 4.25. The van der Waals surface area contributed by atoms with Crippen LogP contribution in [0.25, 0.3) is 0 Å². The van der Waals surface area contributed by atoms with Gasteiger partial charge in [-0.3, -0.25) is 9.59 Å². The number of hydrogen-bond acceptors (Lipinski definition) is 5. The predicted molar refractivity (Wildman–Crippen MR) is 97.1 cm³/mol. The Hall–Kier alpha value is -2.87. The molecule has 2 rings (SSSR count). The zero-order chi connectivity index (χ0) is 19.8. The molecule has 0 spiro atoms. The molecule has 2 amide bonds. The largest absolute Gasteiger partial charge is 0.497 e. The van der Waals surface area contributed by atoms with E-state index in [4.69, 9.17) is 9.47 Å². The van der Waals surface area contributed by atoms with E-state index >= 15 is 0 Å². The van der Waals surface area contributed by atoms with Gasteiger partial charge in [0.25, 0.3) is 0 Å². The number of carboxylic acid groups (broad SMARTS) is 1. The second-order valence-corrected chi connectivity index (χ2v) is 6.25. The van der Waals surface area contributed by atoms with Crippen molar-refractivity contribution in [3.63, 3.8) is 0 Å². The van der Waals surface area contributed by atoms with Crippen LogP contribution in [0.2, 0.25) is 0 Å². The molecule has 0 aromatic heterocycles. The minimum Gasteiger partial charge on any atom is -0.497 e. The van der Waals surface area contributed by atoms with Crippen LogP contribution in [0.15, 0.2) is 36.9 Å². The first kappa shape index (κ1) is 20.4. The average molecular weight is 376 g/mol. The smallest absolute Gasteiger partial charge is 0.328 e. The molecule has 8 heteroatoms. The highest BCUT2D eigenvalue weighted by atomic mass is 16.5. The Balaban J connectivity index is 1.91. The fourth-order valence-electron chi connectivity index (χ4n) is 2.79. The standard InChI is InChI=1S/C19H24N2O6/c1-3-8-27-12-16(19(24)25)20-18(23)14-9-17(22)21(11-14)10-13-4-6-15(26-2)7-5-13/h3-7,14,16H,1,8-12H2,2H3,(H,20,23)(H,24,25). The molecule has 146 valence electrons. The van der Waals surface area contributed by atoms with Crippen molar-refractivity contribution < 1.29 is 29.0 Å². The second kappa shape index (κ2) is 9.72. The van der Waals surface area contributed by atoms with Crippen LogP contribution in [0.3, 0.4) is 0 Å². The lowest BCUT2D eigenvalue weighted by Crippen LogP contribution is -2.46.